The van der Waals surface area contributed by atoms with Crippen molar-refractivity contribution in [1.82, 2.24) is 10.3 Å². The van der Waals surface area contributed by atoms with E-state index < -0.39 is 0 Å². The summed E-state index contributed by atoms with van der Waals surface area (Å²) in [5.74, 6) is 0.309. The lowest BCUT2D eigenvalue weighted by Gasteiger charge is -2.11. The van der Waals surface area contributed by atoms with Gasteiger partial charge in [0, 0.05) is 40.2 Å². The second-order valence-electron chi connectivity index (χ2n) is 6.09. The van der Waals surface area contributed by atoms with E-state index in [2.05, 4.69) is 15.6 Å². The number of aryl methyl sites for hydroxylation is 1. The van der Waals surface area contributed by atoms with E-state index in [1.807, 2.05) is 43.5 Å². The molecule has 7 heteroatoms. The molecule has 2 N–H and O–H groups in total. The maximum absolute atomic E-state index is 12.8. The predicted molar refractivity (Wildman–Crippen MR) is 115 cm³/mol. The standard InChI is InChI=1S/C21H21N3O2S2/c1-3-22-19(25)15-8-6-9-17(11-15)24-20(26)18-10-5-4-7-16(18)13-28-21-23-14(2)12-27-21/h4-12H,3,13H2,1-2H3,(H,22,25)(H,24,26). The van der Waals surface area contributed by atoms with Crippen LogP contribution in [0.4, 0.5) is 5.69 Å². The molecule has 1 aromatic heterocycles. The molecule has 0 aliphatic rings. The first-order valence-electron chi connectivity index (χ1n) is 8.89. The third kappa shape index (κ3) is 5.21. The van der Waals surface area contributed by atoms with Crippen LogP contribution in [0.1, 0.15) is 38.9 Å². The van der Waals surface area contributed by atoms with Gasteiger partial charge >= 0.3 is 0 Å². The van der Waals surface area contributed by atoms with Gasteiger partial charge in [0.25, 0.3) is 11.8 Å². The van der Waals surface area contributed by atoms with Crippen LogP contribution in [-0.4, -0.2) is 23.3 Å². The van der Waals surface area contributed by atoms with Gasteiger partial charge in [-0.15, -0.1) is 11.3 Å². The minimum atomic E-state index is -0.195. The zero-order valence-corrected chi connectivity index (χ0v) is 17.3. The number of rotatable bonds is 7. The molecular formula is C21H21N3O2S2. The molecule has 0 fully saturated rings. The normalized spacial score (nSPS) is 10.5. The van der Waals surface area contributed by atoms with Crippen LogP contribution in [0, 0.1) is 6.92 Å². The Morgan fingerprint density at radius 3 is 2.68 bits per heavy atom. The molecule has 3 rings (SSSR count). The van der Waals surface area contributed by atoms with Crippen LogP contribution in [0.5, 0.6) is 0 Å². The fourth-order valence-corrected chi connectivity index (χ4v) is 4.46. The molecule has 0 atom stereocenters. The summed E-state index contributed by atoms with van der Waals surface area (Å²) in [6, 6.07) is 14.5. The molecule has 144 valence electrons. The minimum Gasteiger partial charge on any atom is -0.352 e. The molecule has 3 aromatic rings. The molecule has 28 heavy (non-hydrogen) atoms. The van der Waals surface area contributed by atoms with Gasteiger partial charge < -0.3 is 10.6 Å². The number of aromatic nitrogens is 1. The Morgan fingerprint density at radius 1 is 1.11 bits per heavy atom. The van der Waals surface area contributed by atoms with Crippen LogP contribution < -0.4 is 10.6 Å². The number of anilines is 1. The van der Waals surface area contributed by atoms with Crippen molar-refractivity contribution >= 4 is 40.6 Å². The van der Waals surface area contributed by atoms with Gasteiger partial charge in [0.2, 0.25) is 0 Å². The van der Waals surface area contributed by atoms with Crippen LogP contribution in [-0.2, 0) is 5.75 Å². The van der Waals surface area contributed by atoms with Gasteiger partial charge in [0.1, 0.15) is 4.34 Å². The highest BCUT2D eigenvalue weighted by atomic mass is 32.2. The first-order valence-corrected chi connectivity index (χ1v) is 10.8. The average molecular weight is 412 g/mol. The molecule has 0 aliphatic carbocycles. The van der Waals surface area contributed by atoms with Crippen LogP contribution >= 0.6 is 23.1 Å². The Morgan fingerprint density at radius 2 is 1.93 bits per heavy atom. The number of nitrogens with one attached hydrogen (secondary N) is 2. The van der Waals surface area contributed by atoms with E-state index in [1.165, 1.54) is 0 Å². The number of amides is 2. The smallest absolute Gasteiger partial charge is 0.255 e. The van der Waals surface area contributed by atoms with Gasteiger partial charge in [0.15, 0.2) is 0 Å². The van der Waals surface area contributed by atoms with E-state index in [-0.39, 0.29) is 11.8 Å². The van der Waals surface area contributed by atoms with Crippen molar-refractivity contribution in [2.24, 2.45) is 0 Å². The molecule has 0 radical (unpaired) electrons. The van der Waals surface area contributed by atoms with Crippen molar-refractivity contribution in [1.29, 1.82) is 0 Å². The van der Waals surface area contributed by atoms with Gasteiger partial charge in [-0.05, 0) is 43.7 Å². The summed E-state index contributed by atoms with van der Waals surface area (Å²) >= 11 is 3.23. The lowest BCUT2D eigenvalue weighted by Crippen LogP contribution is -2.22. The quantitative estimate of drug-likeness (QED) is 0.551. The number of thioether (sulfide) groups is 1. The molecule has 0 bridgehead atoms. The highest BCUT2D eigenvalue weighted by molar-refractivity contribution is 8.00. The lowest BCUT2D eigenvalue weighted by atomic mass is 10.1. The summed E-state index contributed by atoms with van der Waals surface area (Å²) < 4.78 is 0.988. The molecular weight excluding hydrogens is 390 g/mol. The first-order chi connectivity index (χ1) is 13.6. The molecule has 0 spiro atoms. The summed E-state index contributed by atoms with van der Waals surface area (Å²) in [6.45, 7) is 4.39. The molecule has 0 aliphatic heterocycles. The van der Waals surface area contributed by atoms with Gasteiger partial charge in [-0.1, -0.05) is 36.0 Å². The summed E-state index contributed by atoms with van der Waals surface area (Å²) in [7, 11) is 0. The van der Waals surface area contributed by atoms with Crippen LogP contribution in [0.2, 0.25) is 0 Å². The van der Waals surface area contributed by atoms with Crippen LogP contribution in [0.25, 0.3) is 0 Å². The molecule has 0 saturated heterocycles. The Hall–Kier alpha value is -2.64. The second kappa shape index (κ2) is 9.52. The maximum Gasteiger partial charge on any atom is 0.255 e. The summed E-state index contributed by atoms with van der Waals surface area (Å²) in [5.41, 5.74) is 3.67. The number of thiazole rings is 1. The number of benzene rings is 2. The summed E-state index contributed by atoms with van der Waals surface area (Å²) in [5, 5.41) is 7.67. The molecule has 5 nitrogen and oxygen atoms in total. The Kier molecular flexibility index (Phi) is 6.84. The second-order valence-corrected chi connectivity index (χ2v) is 8.18. The van der Waals surface area contributed by atoms with Crippen LogP contribution in [0.3, 0.4) is 0 Å². The Bertz CT molecular complexity index is 985. The monoisotopic (exact) mass is 411 g/mol. The summed E-state index contributed by atoms with van der Waals surface area (Å²) in [4.78, 5) is 29.3. The fourth-order valence-electron chi connectivity index (χ4n) is 2.61. The Balaban J connectivity index is 1.72. The van der Waals surface area contributed by atoms with Gasteiger partial charge in [-0.2, -0.15) is 0 Å². The average Bonchev–Trinajstić information content (AvgIpc) is 3.12. The number of hydrogen-bond acceptors (Lipinski definition) is 5. The molecule has 1 heterocycles. The molecule has 2 amide bonds. The van der Waals surface area contributed by atoms with Crippen molar-refractivity contribution in [2.75, 3.05) is 11.9 Å². The van der Waals surface area contributed by atoms with E-state index in [0.717, 1.165) is 15.6 Å². The van der Waals surface area contributed by atoms with E-state index >= 15 is 0 Å². The highest BCUT2D eigenvalue weighted by Gasteiger charge is 2.13. The largest absolute Gasteiger partial charge is 0.352 e. The maximum atomic E-state index is 12.8. The van der Waals surface area contributed by atoms with Gasteiger partial charge in [0.05, 0.1) is 0 Å². The van der Waals surface area contributed by atoms with Crippen molar-refractivity contribution in [3.8, 4) is 0 Å². The van der Waals surface area contributed by atoms with E-state index in [9.17, 15) is 9.59 Å². The van der Waals surface area contributed by atoms with Gasteiger partial charge in [-0.25, -0.2) is 4.98 Å². The lowest BCUT2D eigenvalue weighted by molar-refractivity contribution is 0.0954. The Labute approximate surface area is 172 Å². The number of carbonyl (C=O) groups is 2. The highest BCUT2D eigenvalue weighted by Crippen LogP contribution is 2.27. The fraction of sp³-hybridized carbons (Fsp3) is 0.190. The van der Waals surface area contributed by atoms with E-state index in [0.29, 0.717) is 29.1 Å². The zero-order valence-electron chi connectivity index (χ0n) is 15.7. The van der Waals surface area contributed by atoms with Gasteiger partial charge in [-0.3, -0.25) is 9.59 Å². The molecule has 0 saturated carbocycles. The minimum absolute atomic E-state index is 0.158. The van der Waals surface area contributed by atoms with Crippen molar-refractivity contribution < 1.29 is 9.59 Å². The topological polar surface area (TPSA) is 71.1 Å². The first kappa shape index (κ1) is 20.1. The van der Waals surface area contributed by atoms with E-state index in [4.69, 9.17) is 0 Å². The third-order valence-electron chi connectivity index (χ3n) is 3.93. The number of carbonyl (C=O) groups excluding carboxylic acids is 2. The van der Waals surface area contributed by atoms with E-state index in [1.54, 1.807) is 47.4 Å². The number of nitrogens with zero attached hydrogens (tertiary/aromatic N) is 1. The predicted octanol–water partition coefficient (Wildman–Crippen LogP) is 4.75. The number of hydrogen-bond donors (Lipinski definition) is 2. The summed E-state index contributed by atoms with van der Waals surface area (Å²) in [6.07, 6.45) is 0. The third-order valence-corrected chi connectivity index (χ3v) is 6.12. The zero-order chi connectivity index (χ0) is 19.9. The van der Waals surface area contributed by atoms with Crippen molar-refractivity contribution in [3.63, 3.8) is 0 Å². The SMILES string of the molecule is CCNC(=O)c1cccc(NC(=O)c2ccccc2CSc2nc(C)cs2)c1. The molecule has 0 unspecified atom stereocenters. The van der Waals surface area contributed by atoms with Crippen LogP contribution in [0.15, 0.2) is 58.3 Å². The van der Waals surface area contributed by atoms with Crippen molar-refractivity contribution in [2.45, 2.75) is 23.9 Å². The van der Waals surface area contributed by atoms with Crippen molar-refractivity contribution in [3.05, 3.63) is 76.3 Å². The molecule has 2 aromatic carbocycles.